The summed E-state index contributed by atoms with van der Waals surface area (Å²) >= 11 is 1.53. The number of thiazole rings is 1. The van der Waals surface area contributed by atoms with E-state index in [2.05, 4.69) is 10.3 Å². The Morgan fingerprint density at radius 1 is 1.53 bits per heavy atom. The Morgan fingerprint density at radius 2 is 2.26 bits per heavy atom. The summed E-state index contributed by atoms with van der Waals surface area (Å²) in [5.41, 5.74) is 0. The van der Waals surface area contributed by atoms with Crippen LogP contribution in [0, 0.1) is 11.8 Å². The van der Waals surface area contributed by atoms with Gasteiger partial charge in [-0.2, -0.15) is 0 Å². The maximum atomic E-state index is 12.2. The minimum atomic E-state index is -0.790. The number of carbonyl (C=O) groups excluding carboxylic acids is 1. The quantitative estimate of drug-likeness (QED) is 0.867. The van der Waals surface area contributed by atoms with E-state index < -0.39 is 5.97 Å². The number of hydrogen-bond acceptors (Lipinski definition) is 4. The molecule has 19 heavy (non-hydrogen) atoms. The van der Waals surface area contributed by atoms with Crippen molar-refractivity contribution in [1.29, 1.82) is 0 Å². The minimum Gasteiger partial charge on any atom is -0.481 e. The summed E-state index contributed by atoms with van der Waals surface area (Å²) in [5.74, 6) is -1.36. The van der Waals surface area contributed by atoms with Crippen molar-refractivity contribution >= 4 is 23.2 Å². The molecule has 2 rings (SSSR count). The standard InChI is InChI=1S/C13H18N2O3S/c1-2-10(12-14-5-6-19-12)15-11(16)8-3-4-9(7-8)13(17)18/h5-6,8-10H,2-4,7H2,1H3,(H,15,16)(H,17,18)/t8-,9+,10?/m1/s1. The molecule has 2 N–H and O–H groups in total. The van der Waals surface area contributed by atoms with Crippen molar-refractivity contribution < 1.29 is 14.7 Å². The number of carbonyl (C=O) groups is 2. The molecule has 5 nitrogen and oxygen atoms in total. The highest BCUT2D eigenvalue weighted by Crippen LogP contribution is 2.32. The normalized spacial score (nSPS) is 24.1. The zero-order valence-corrected chi connectivity index (χ0v) is 11.7. The van der Waals surface area contributed by atoms with E-state index in [1.165, 1.54) is 11.3 Å². The first kappa shape index (κ1) is 14.0. The van der Waals surface area contributed by atoms with Gasteiger partial charge in [-0.25, -0.2) is 4.98 Å². The first-order valence-corrected chi connectivity index (χ1v) is 7.42. The maximum Gasteiger partial charge on any atom is 0.306 e. The fourth-order valence-electron chi connectivity index (χ4n) is 2.48. The second-order valence-electron chi connectivity index (χ2n) is 4.88. The van der Waals surface area contributed by atoms with Crippen LogP contribution in [0.3, 0.4) is 0 Å². The van der Waals surface area contributed by atoms with E-state index in [1.807, 2.05) is 12.3 Å². The van der Waals surface area contributed by atoms with Crippen LogP contribution in [0.1, 0.15) is 43.7 Å². The molecule has 0 spiro atoms. The van der Waals surface area contributed by atoms with Crippen LogP contribution in [0.5, 0.6) is 0 Å². The molecule has 1 aliphatic rings. The molecule has 6 heteroatoms. The van der Waals surface area contributed by atoms with Gasteiger partial charge in [0.25, 0.3) is 0 Å². The highest BCUT2D eigenvalue weighted by molar-refractivity contribution is 7.09. The van der Waals surface area contributed by atoms with E-state index in [1.54, 1.807) is 6.20 Å². The molecule has 1 heterocycles. The number of nitrogens with zero attached hydrogens (tertiary/aromatic N) is 1. The van der Waals surface area contributed by atoms with Crippen molar-refractivity contribution in [2.45, 2.75) is 38.6 Å². The van der Waals surface area contributed by atoms with Gasteiger partial charge in [0.1, 0.15) is 5.01 Å². The van der Waals surface area contributed by atoms with Crippen LogP contribution < -0.4 is 5.32 Å². The lowest BCUT2D eigenvalue weighted by molar-refractivity contribution is -0.141. The lowest BCUT2D eigenvalue weighted by Crippen LogP contribution is -2.33. The van der Waals surface area contributed by atoms with E-state index in [0.717, 1.165) is 11.4 Å². The maximum absolute atomic E-state index is 12.2. The zero-order valence-electron chi connectivity index (χ0n) is 10.8. The van der Waals surface area contributed by atoms with Crippen LogP contribution in [-0.4, -0.2) is 22.0 Å². The molecule has 1 aromatic rings. The minimum absolute atomic E-state index is 0.0363. The van der Waals surface area contributed by atoms with Crippen LogP contribution in [0.25, 0.3) is 0 Å². The SMILES string of the molecule is CCC(NC(=O)[C@@H]1CC[C@H](C(=O)O)C1)c1nccs1. The van der Waals surface area contributed by atoms with Gasteiger partial charge in [-0.3, -0.25) is 9.59 Å². The molecular weight excluding hydrogens is 264 g/mol. The number of hydrogen-bond donors (Lipinski definition) is 2. The van der Waals surface area contributed by atoms with E-state index in [4.69, 9.17) is 5.11 Å². The summed E-state index contributed by atoms with van der Waals surface area (Å²) in [7, 11) is 0. The highest BCUT2D eigenvalue weighted by Gasteiger charge is 2.34. The summed E-state index contributed by atoms with van der Waals surface area (Å²) in [5, 5.41) is 14.7. The Morgan fingerprint density at radius 3 is 2.79 bits per heavy atom. The average Bonchev–Trinajstić information content (AvgIpc) is 3.05. The fraction of sp³-hybridized carbons (Fsp3) is 0.615. The topological polar surface area (TPSA) is 79.3 Å². The van der Waals surface area contributed by atoms with Gasteiger partial charge >= 0.3 is 5.97 Å². The number of aromatic nitrogens is 1. The number of nitrogens with one attached hydrogen (secondary N) is 1. The van der Waals surface area contributed by atoms with Gasteiger partial charge in [-0.15, -0.1) is 11.3 Å². The Bertz CT molecular complexity index is 447. The van der Waals surface area contributed by atoms with Gasteiger partial charge in [-0.1, -0.05) is 6.92 Å². The molecule has 0 radical (unpaired) electrons. The van der Waals surface area contributed by atoms with Crippen LogP contribution in [0.15, 0.2) is 11.6 Å². The number of carboxylic acid groups (broad SMARTS) is 1. The Balaban J connectivity index is 1.92. The third kappa shape index (κ3) is 3.32. The van der Waals surface area contributed by atoms with E-state index in [9.17, 15) is 9.59 Å². The Kier molecular flexibility index (Phi) is 4.52. The molecule has 1 aromatic heterocycles. The lowest BCUT2D eigenvalue weighted by atomic mass is 10.0. The van der Waals surface area contributed by atoms with Gasteiger partial charge in [0.05, 0.1) is 12.0 Å². The van der Waals surface area contributed by atoms with Crippen molar-refractivity contribution in [3.63, 3.8) is 0 Å². The molecule has 0 saturated heterocycles. The molecule has 0 aliphatic heterocycles. The van der Waals surface area contributed by atoms with Gasteiger partial charge in [-0.05, 0) is 25.7 Å². The third-order valence-corrected chi connectivity index (χ3v) is 4.52. The summed E-state index contributed by atoms with van der Waals surface area (Å²) in [6, 6.07) is -0.0589. The second-order valence-corrected chi connectivity index (χ2v) is 5.81. The summed E-state index contributed by atoms with van der Waals surface area (Å²) in [6.45, 7) is 2.00. The molecule has 0 bridgehead atoms. The van der Waals surface area contributed by atoms with Crippen molar-refractivity contribution in [3.05, 3.63) is 16.6 Å². The molecule has 0 aromatic carbocycles. The number of amides is 1. The van der Waals surface area contributed by atoms with Crippen LogP contribution in [0.4, 0.5) is 0 Å². The number of carboxylic acids is 1. The van der Waals surface area contributed by atoms with Crippen molar-refractivity contribution in [2.75, 3.05) is 0 Å². The van der Waals surface area contributed by atoms with Crippen molar-refractivity contribution in [3.8, 4) is 0 Å². The first-order valence-electron chi connectivity index (χ1n) is 6.54. The van der Waals surface area contributed by atoms with E-state index in [-0.39, 0.29) is 23.8 Å². The monoisotopic (exact) mass is 282 g/mol. The van der Waals surface area contributed by atoms with Crippen LogP contribution in [-0.2, 0) is 9.59 Å². The predicted molar refractivity (Wildman–Crippen MR) is 71.8 cm³/mol. The van der Waals surface area contributed by atoms with E-state index in [0.29, 0.717) is 19.3 Å². The third-order valence-electron chi connectivity index (χ3n) is 3.63. The van der Waals surface area contributed by atoms with Gasteiger partial charge in [0.2, 0.25) is 5.91 Å². The first-order chi connectivity index (χ1) is 9.11. The largest absolute Gasteiger partial charge is 0.481 e. The zero-order chi connectivity index (χ0) is 13.8. The molecule has 1 saturated carbocycles. The smallest absolute Gasteiger partial charge is 0.306 e. The fourth-order valence-corrected chi connectivity index (χ4v) is 3.25. The molecule has 1 amide bonds. The average molecular weight is 282 g/mol. The summed E-state index contributed by atoms with van der Waals surface area (Å²) in [4.78, 5) is 27.3. The van der Waals surface area contributed by atoms with Crippen molar-refractivity contribution in [2.24, 2.45) is 11.8 Å². The summed E-state index contributed by atoms with van der Waals surface area (Å²) < 4.78 is 0. The molecule has 1 aliphatic carbocycles. The van der Waals surface area contributed by atoms with Gasteiger partial charge in [0, 0.05) is 17.5 Å². The second kappa shape index (κ2) is 6.14. The Hall–Kier alpha value is -1.43. The van der Waals surface area contributed by atoms with Gasteiger partial charge < -0.3 is 10.4 Å². The molecule has 104 valence electrons. The Labute approximate surface area is 116 Å². The number of rotatable bonds is 5. The summed E-state index contributed by atoms with van der Waals surface area (Å²) in [6.07, 6.45) is 4.23. The molecule has 3 atom stereocenters. The predicted octanol–water partition coefficient (Wildman–Crippen LogP) is 2.21. The number of aliphatic carboxylic acids is 1. The lowest BCUT2D eigenvalue weighted by Gasteiger charge is -2.17. The highest BCUT2D eigenvalue weighted by atomic mass is 32.1. The molecular formula is C13H18N2O3S. The molecule has 1 unspecified atom stereocenters. The molecule has 1 fully saturated rings. The van der Waals surface area contributed by atoms with Crippen molar-refractivity contribution in [1.82, 2.24) is 10.3 Å². The van der Waals surface area contributed by atoms with Gasteiger partial charge in [0.15, 0.2) is 0 Å². The van der Waals surface area contributed by atoms with E-state index >= 15 is 0 Å². The van der Waals surface area contributed by atoms with Crippen LogP contribution >= 0.6 is 11.3 Å². The van der Waals surface area contributed by atoms with Crippen LogP contribution in [0.2, 0.25) is 0 Å².